The third-order valence-corrected chi connectivity index (χ3v) is 18.4. The van der Waals surface area contributed by atoms with Gasteiger partial charge < -0.3 is 100 Å². The van der Waals surface area contributed by atoms with Crippen LogP contribution in [0.1, 0.15) is 37.7 Å². The summed E-state index contributed by atoms with van der Waals surface area (Å²) in [5.41, 5.74) is 0.845. The maximum Gasteiger partial charge on any atom is 0.407 e. The van der Waals surface area contributed by atoms with E-state index in [0.717, 1.165) is 5.56 Å². The van der Waals surface area contributed by atoms with E-state index in [1.165, 1.54) is 0 Å². The maximum atomic E-state index is 13.5. The van der Waals surface area contributed by atoms with E-state index in [1.54, 1.807) is 0 Å². The molecule has 12 N–H and O–H groups in total. The molecule has 446 valence electrons. The quantitative estimate of drug-likeness (QED) is 0.0339. The lowest BCUT2D eigenvalue weighted by Crippen LogP contribution is -2.70. The minimum absolute atomic E-state index is 0.0418. The molecular formula is C50H89N5O20Si3. The summed E-state index contributed by atoms with van der Waals surface area (Å²) in [7, 11) is -5.02. The molecule has 2 aliphatic heterocycles. The van der Waals surface area contributed by atoms with Gasteiger partial charge in [-0.3, -0.25) is 4.79 Å². The predicted octanol–water partition coefficient (Wildman–Crippen LogP) is 1.67. The average molecular weight is 1160 g/mol. The highest BCUT2D eigenvalue weighted by Crippen LogP contribution is 2.33. The van der Waals surface area contributed by atoms with Crippen molar-refractivity contribution in [3.63, 3.8) is 0 Å². The largest absolute Gasteiger partial charge is 0.450 e. The number of nitrogens with one attached hydrogen (secondary N) is 5. The molecule has 1 aromatic rings. The third kappa shape index (κ3) is 22.9. The van der Waals surface area contributed by atoms with Gasteiger partial charge in [-0.1, -0.05) is 95.7 Å². The molecule has 15 atom stereocenters. The normalized spacial score (nSPS) is 29.6. The molecule has 0 unspecified atom stereocenters. The lowest BCUT2D eigenvalue weighted by atomic mass is 9.83. The zero-order valence-electron chi connectivity index (χ0n) is 46.6. The SMILES string of the molecule is C[Si](C)(C)CCOC(=O)N[C@@H]1[C@@H](O)[C@H](O[C@@H]2[C@@H](O)[C@@H](O[C@@H]3O[C@H](CNC(=O)CCCCCNC(=O)OCc4ccccc4)[C@@H](O)[C@H](O)[C@H]3O)[C@@H](NC(=O)OCC[Si](C)(C)C)C[C@H]2NC(=O)OCC[Si](C)(C)C)O[C@H](CO)[C@H]1O. The molecule has 1 saturated carbocycles. The molecular weight excluding hydrogens is 1070 g/mol. The summed E-state index contributed by atoms with van der Waals surface area (Å²) in [5.74, 6) is -0.435. The van der Waals surface area contributed by atoms with Crippen LogP contribution in [0, 0.1) is 0 Å². The number of carbonyl (C=O) groups is 5. The summed E-state index contributed by atoms with van der Waals surface area (Å²) in [5, 5.41) is 92.1. The number of aliphatic hydroxyl groups excluding tert-OH is 7. The molecule has 0 aromatic heterocycles. The average Bonchev–Trinajstić information content (AvgIpc) is 3.35. The highest BCUT2D eigenvalue weighted by Gasteiger charge is 2.54. The summed E-state index contributed by atoms with van der Waals surface area (Å²) >= 11 is 0. The van der Waals surface area contributed by atoms with Gasteiger partial charge in [-0.15, -0.1) is 0 Å². The molecule has 25 nitrogen and oxygen atoms in total. The monoisotopic (exact) mass is 1160 g/mol. The second-order valence-corrected chi connectivity index (χ2v) is 40.6. The van der Waals surface area contributed by atoms with Gasteiger partial charge in [0.15, 0.2) is 12.6 Å². The number of rotatable bonds is 27. The number of aliphatic hydroxyl groups is 7. The number of ether oxygens (including phenoxy) is 8. The Morgan fingerprint density at radius 3 is 1.56 bits per heavy atom. The molecule has 0 radical (unpaired) electrons. The van der Waals surface area contributed by atoms with Gasteiger partial charge in [0.05, 0.1) is 44.6 Å². The van der Waals surface area contributed by atoms with Gasteiger partial charge in [-0.25, -0.2) is 19.2 Å². The number of unbranched alkanes of at least 4 members (excludes halogenated alkanes) is 2. The van der Waals surface area contributed by atoms with Gasteiger partial charge in [-0.05, 0) is 43.0 Å². The van der Waals surface area contributed by atoms with E-state index < -0.39 is 153 Å². The molecule has 5 amide bonds. The fourth-order valence-electron chi connectivity index (χ4n) is 8.48. The van der Waals surface area contributed by atoms with E-state index in [0.29, 0.717) is 43.9 Å². The summed E-state index contributed by atoms with van der Waals surface area (Å²) in [6.45, 7) is 18.1. The fraction of sp³-hybridized carbons (Fsp3) is 0.780. The van der Waals surface area contributed by atoms with Gasteiger partial charge in [0.2, 0.25) is 5.91 Å². The zero-order chi connectivity index (χ0) is 58.0. The van der Waals surface area contributed by atoms with Gasteiger partial charge in [0, 0.05) is 43.7 Å². The standard InChI is InChI=1S/C50H89N5O20Si3/c1-76(2,3)23-20-68-48(65)53-31-26-32(54-49(66)69-21-24-77(4,5)6)44(42(63)43(31)74-45-39(60)36(37(58)34(28-56)73-45)55-50(67)70-22-25-78(7,8)9)75-46-41(62)40(61)38(59)33(72-46)27-52-35(57)18-14-11-15-19-51-47(64)71-29-30-16-12-10-13-17-30/h10,12-13,16-17,31-34,36-46,56,58-63H,11,14-15,18-29H2,1-9H3,(H,51,64)(H,52,57)(H,53,65)(H,54,66)(H,55,67)/t31-,32+,33-,34-,36+,37-,38-,39-,40+,41-,42-,43+,44+,45+,46+/m1/s1. The Balaban J connectivity index is 1.53. The molecule has 1 aliphatic carbocycles. The van der Waals surface area contributed by atoms with Crippen LogP contribution in [-0.2, 0) is 49.3 Å². The fourth-order valence-corrected chi connectivity index (χ4v) is 10.6. The summed E-state index contributed by atoms with van der Waals surface area (Å²) in [4.78, 5) is 65.0. The van der Waals surface area contributed by atoms with E-state index in [9.17, 15) is 59.7 Å². The van der Waals surface area contributed by atoms with E-state index in [4.69, 9.17) is 37.9 Å². The maximum absolute atomic E-state index is 13.5. The molecule has 4 rings (SSSR count). The van der Waals surface area contributed by atoms with Gasteiger partial charge in [0.25, 0.3) is 0 Å². The Kier molecular flexibility index (Phi) is 26.6. The predicted molar refractivity (Wildman–Crippen MR) is 290 cm³/mol. The van der Waals surface area contributed by atoms with E-state index in [2.05, 4.69) is 85.5 Å². The van der Waals surface area contributed by atoms with Gasteiger partial charge >= 0.3 is 24.4 Å². The number of hydrogen-bond donors (Lipinski definition) is 12. The van der Waals surface area contributed by atoms with Crippen molar-refractivity contribution in [1.29, 1.82) is 0 Å². The van der Waals surface area contributed by atoms with Crippen molar-refractivity contribution in [3.8, 4) is 0 Å². The lowest BCUT2D eigenvalue weighted by molar-refractivity contribution is -0.334. The van der Waals surface area contributed by atoms with Crippen LogP contribution in [0.25, 0.3) is 0 Å². The zero-order valence-corrected chi connectivity index (χ0v) is 49.6. The Hall–Kier alpha value is -4.02. The first-order valence-corrected chi connectivity index (χ1v) is 38.0. The molecule has 1 aromatic carbocycles. The highest BCUT2D eigenvalue weighted by atomic mass is 28.3. The smallest absolute Gasteiger partial charge is 0.407 e. The molecule has 0 bridgehead atoms. The number of benzene rings is 1. The van der Waals surface area contributed by atoms with Crippen LogP contribution >= 0.6 is 0 Å². The Bertz CT molecular complexity index is 2020. The Morgan fingerprint density at radius 2 is 1.05 bits per heavy atom. The molecule has 78 heavy (non-hydrogen) atoms. The van der Waals surface area contributed by atoms with Crippen molar-refractivity contribution in [2.24, 2.45) is 0 Å². The minimum atomic E-state index is -1.99. The Labute approximate surface area is 460 Å². The highest BCUT2D eigenvalue weighted by molar-refractivity contribution is 6.76. The molecule has 28 heteroatoms. The first-order chi connectivity index (χ1) is 36.5. The van der Waals surface area contributed by atoms with Crippen LogP contribution in [-0.4, -0.2) is 222 Å². The van der Waals surface area contributed by atoms with Crippen molar-refractivity contribution >= 4 is 54.5 Å². The first kappa shape index (κ1) is 66.5. The number of carbonyl (C=O) groups excluding carboxylic acids is 5. The second kappa shape index (κ2) is 31.3. The van der Waals surface area contributed by atoms with Crippen LogP contribution in [0.15, 0.2) is 30.3 Å². The van der Waals surface area contributed by atoms with Gasteiger partial charge in [0.1, 0.15) is 67.6 Å². The number of hydrogen-bond acceptors (Lipinski definition) is 20. The van der Waals surface area contributed by atoms with Crippen molar-refractivity contribution < 1.29 is 97.6 Å². The van der Waals surface area contributed by atoms with Crippen LogP contribution in [0.5, 0.6) is 0 Å². The number of amides is 5. The summed E-state index contributed by atoms with van der Waals surface area (Å²) in [6, 6.07) is 6.83. The summed E-state index contributed by atoms with van der Waals surface area (Å²) in [6.07, 6.45) is -23.4. The van der Waals surface area contributed by atoms with Gasteiger partial charge in [-0.2, -0.15) is 0 Å². The van der Waals surface area contributed by atoms with Crippen molar-refractivity contribution in [2.75, 3.05) is 39.5 Å². The summed E-state index contributed by atoms with van der Waals surface area (Å²) < 4.78 is 45.9. The number of alkyl carbamates (subject to hydrolysis) is 4. The minimum Gasteiger partial charge on any atom is -0.450 e. The second-order valence-electron chi connectivity index (χ2n) is 23.8. The molecule has 3 fully saturated rings. The van der Waals surface area contributed by atoms with Crippen molar-refractivity contribution in [3.05, 3.63) is 35.9 Å². The van der Waals surface area contributed by atoms with Crippen LogP contribution in [0.2, 0.25) is 77.1 Å². The van der Waals surface area contributed by atoms with Crippen LogP contribution in [0.4, 0.5) is 19.2 Å². The first-order valence-electron chi connectivity index (χ1n) is 26.9. The Morgan fingerprint density at radius 1 is 0.551 bits per heavy atom. The molecule has 0 spiro atoms. The van der Waals surface area contributed by atoms with Crippen molar-refractivity contribution in [1.82, 2.24) is 26.6 Å². The van der Waals surface area contributed by atoms with E-state index >= 15 is 0 Å². The molecule has 2 heterocycles. The van der Waals surface area contributed by atoms with E-state index in [1.807, 2.05) is 30.3 Å². The molecule has 2 saturated heterocycles. The van der Waals surface area contributed by atoms with Crippen molar-refractivity contribution in [2.45, 2.75) is 208 Å². The lowest BCUT2D eigenvalue weighted by Gasteiger charge is -2.49. The van der Waals surface area contributed by atoms with Crippen LogP contribution < -0.4 is 26.6 Å². The van der Waals surface area contributed by atoms with E-state index in [-0.39, 0.29) is 45.8 Å². The molecule has 3 aliphatic rings. The van der Waals surface area contributed by atoms with Crippen LogP contribution in [0.3, 0.4) is 0 Å². The topological polar surface area (TPSA) is 361 Å². The third-order valence-electron chi connectivity index (χ3n) is 13.3.